The lowest BCUT2D eigenvalue weighted by atomic mass is 10.1. The monoisotopic (exact) mass is 259 g/mol. The van der Waals surface area contributed by atoms with E-state index in [-0.39, 0.29) is 11.8 Å². The van der Waals surface area contributed by atoms with Crippen molar-refractivity contribution < 1.29 is 9.32 Å². The molecule has 0 aliphatic heterocycles. The summed E-state index contributed by atoms with van der Waals surface area (Å²) in [6.07, 6.45) is 4.02. The number of carbonyl (C=O) groups is 1. The summed E-state index contributed by atoms with van der Waals surface area (Å²) in [5, 5.41) is 6.50. The van der Waals surface area contributed by atoms with E-state index >= 15 is 0 Å². The topological polar surface area (TPSA) is 68.0 Å². The number of anilines is 1. The molecule has 5 nitrogen and oxygen atoms in total. The average molecular weight is 259 g/mol. The average Bonchev–Trinajstić information content (AvgIpc) is 2.87. The minimum Gasteiger partial charge on any atom is -0.359 e. The molecular weight excluding hydrogens is 242 g/mol. The maximum atomic E-state index is 12.1. The largest absolute Gasteiger partial charge is 0.359 e. The molecular formula is C14H17N3O2. The lowest BCUT2D eigenvalue weighted by Gasteiger charge is -2.06. The molecule has 0 aromatic carbocycles. The smallest absolute Gasteiger partial charge is 0.274 e. The number of hydrogen-bond donors (Lipinski definition) is 1. The van der Waals surface area contributed by atoms with Crippen LogP contribution in [0, 0.1) is 0 Å². The van der Waals surface area contributed by atoms with Gasteiger partial charge in [-0.05, 0) is 24.1 Å². The van der Waals surface area contributed by atoms with Crippen LogP contribution in [0.2, 0.25) is 0 Å². The SMILES string of the molecule is CCc1ccnc(C(=O)Nc2cnoc2C(C)C)c1. The highest BCUT2D eigenvalue weighted by Crippen LogP contribution is 2.23. The van der Waals surface area contributed by atoms with Gasteiger partial charge in [0.25, 0.3) is 5.91 Å². The molecule has 0 bridgehead atoms. The molecule has 100 valence electrons. The fraction of sp³-hybridized carbons (Fsp3) is 0.357. The van der Waals surface area contributed by atoms with E-state index in [0.717, 1.165) is 12.0 Å². The van der Waals surface area contributed by atoms with Crippen molar-refractivity contribution in [3.05, 3.63) is 41.5 Å². The van der Waals surface area contributed by atoms with Gasteiger partial charge in [0.05, 0.1) is 6.20 Å². The van der Waals surface area contributed by atoms with E-state index in [2.05, 4.69) is 15.5 Å². The molecule has 2 rings (SSSR count). The first-order chi connectivity index (χ1) is 9.11. The van der Waals surface area contributed by atoms with Crippen LogP contribution in [0.5, 0.6) is 0 Å². The van der Waals surface area contributed by atoms with E-state index in [1.165, 1.54) is 6.20 Å². The second kappa shape index (κ2) is 5.65. The molecule has 1 N–H and O–H groups in total. The van der Waals surface area contributed by atoms with E-state index in [4.69, 9.17) is 4.52 Å². The van der Waals surface area contributed by atoms with Gasteiger partial charge in [0, 0.05) is 12.1 Å². The highest BCUT2D eigenvalue weighted by molar-refractivity contribution is 6.03. The van der Waals surface area contributed by atoms with Gasteiger partial charge >= 0.3 is 0 Å². The lowest BCUT2D eigenvalue weighted by molar-refractivity contribution is 0.102. The van der Waals surface area contributed by atoms with Crippen molar-refractivity contribution in [2.45, 2.75) is 33.1 Å². The van der Waals surface area contributed by atoms with Crippen LogP contribution in [0.1, 0.15) is 48.5 Å². The van der Waals surface area contributed by atoms with Crippen LogP contribution in [0.3, 0.4) is 0 Å². The molecule has 0 unspecified atom stereocenters. The van der Waals surface area contributed by atoms with Crippen molar-refractivity contribution in [1.29, 1.82) is 0 Å². The Morgan fingerprint density at radius 3 is 2.95 bits per heavy atom. The van der Waals surface area contributed by atoms with Gasteiger partial charge in [-0.1, -0.05) is 25.9 Å². The summed E-state index contributed by atoms with van der Waals surface area (Å²) in [5.74, 6) is 0.577. The molecule has 0 saturated heterocycles. The van der Waals surface area contributed by atoms with Gasteiger partial charge in [0.15, 0.2) is 5.76 Å². The molecule has 0 spiro atoms. The van der Waals surface area contributed by atoms with Crippen LogP contribution in [-0.4, -0.2) is 16.0 Å². The van der Waals surface area contributed by atoms with Crippen LogP contribution in [0.15, 0.2) is 29.0 Å². The second-order valence-corrected chi connectivity index (χ2v) is 4.62. The van der Waals surface area contributed by atoms with Gasteiger partial charge in [0.1, 0.15) is 11.4 Å². The minimum absolute atomic E-state index is 0.160. The van der Waals surface area contributed by atoms with Crippen LogP contribution in [0.4, 0.5) is 5.69 Å². The zero-order chi connectivity index (χ0) is 13.8. The first-order valence-corrected chi connectivity index (χ1v) is 6.32. The molecule has 2 aromatic heterocycles. The summed E-state index contributed by atoms with van der Waals surface area (Å²) in [7, 11) is 0. The number of nitrogens with one attached hydrogen (secondary N) is 1. The molecule has 0 radical (unpaired) electrons. The Kier molecular flexibility index (Phi) is 3.94. The molecule has 1 amide bonds. The molecule has 0 fully saturated rings. The van der Waals surface area contributed by atoms with E-state index in [9.17, 15) is 4.79 Å². The van der Waals surface area contributed by atoms with Gasteiger partial charge in [-0.2, -0.15) is 0 Å². The Labute approximate surface area is 112 Å². The molecule has 0 atom stereocenters. The van der Waals surface area contributed by atoms with Crippen molar-refractivity contribution in [2.24, 2.45) is 0 Å². The highest BCUT2D eigenvalue weighted by atomic mass is 16.5. The third-order valence-corrected chi connectivity index (χ3v) is 2.84. The molecule has 0 aliphatic carbocycles. The summed E-state index contributed by atoms with van der Waals surface area (Å²) in [6.45, 7) is 5.99. The third kappa shape index (κ3) is 2.99. The quantitative estimate of drug-likeness (QED) is 0.916. The fourth-order valence-corrected chi connectivity index (χ4v) is 1.76. The van der Waals surface area contributed by atoms with E-state index in [0.29, 0.717) is 17.1 Å². The normalized spacial score (nSPS) is 10.7. The summed E-state index contributed by atoms with van der Waals surface area (Å²) in [4.78, 5) is 16.2. The summed E-state index contributed by atoms with van der Waals surface area (Å²) >= 11 is 0. The predicted molar refractivity (Wildman–Crippen MR) is 72.2 cm³/mol. The molecule has 2 aromatic rings. The van der Waals surface area contributed by atoms with Crippen LogP contribution in [-0.2, 0) is 6.42 Å². The molecule has 5 heteroatoms. The lowest BCUT2D eigenvalue weighted by Crippen LogP contribution is -2.14. The first kappa shape index (κ1) is 13.3. The van der Waals surface area contributed by atoms with Crippen LogP contribution < -0.4 is 5.32 Å². The van der Waals surface area contributed by atoms with Gasteiger partial charge in [-0.15, -0.1) is 0 Å². The van der Waals surface area contributed by atoms with Gasteiger partial charge in [0.2, 0.25) is 0 Å². The zero-order valence-electron chi connectivity index (χ0n) is 11.3. The van der Waals surface area contributed by atoms with Gasteiger partial charge in [-0.3, -0.25) is 9.78 Å². The molecule has 2 heterocycles. The van der Waals surface area contributed by atoms with Crippen molar-refractivity contribution in [3.8, 4) is 0 Å². The summed E-state index contributed by atoms with van der Waals surface area (Å²) in [6, 6.07) is 3.69. The Hall–Kier alpha value is -2.17. The third-order valence-electron chi connectivity index (χ3n) is 2.84. The van der Waals surface area contributed by atoms with Crippen molar-refractivity contribution in [3.63, 3.8) is 0 Å². The standard InChI is InChI=1S/C14H17N3O2/c1-4-10-5-6-15-11(7-10)14(18)17-12-8-16-19-13(12)9(2)3/h5-9H,4H2,1-3H3,(H,17,18). The number of rotatable bonds is 4. The number of nitrogens with zero attached hydrogens (tertiary/aromatic N) is 2. The number of hydrogen-bond acceptors (Lipinski definition) is 4. The number of aryl methyl sites for hydroxylation is 1. The Balaban J connectivity index is 2.18. The van der Waals surface area contributed by atoms with E-state index < -0.39 is 0 Å². The fourth-order valence-electron chi connectivity index (χ4n) is 1.76. The Morgan fingerprint density at radius 1 is 1.47 bits per heavy atom. The summed E-state index contributed by atoms with van der Waals surface area (Å²) in [5.41, 5.74) is 2.08. The van der Waals surface area contributed by atoms with E-state index in [1.54, 1.807) is 12.3 Å². The number of pyridine rings is 1. The number of carbonyl (C=O) groups excluding carboxylic acids is 1. The predicted octanol–water partition coefficient (Wildman–Crippen LogP) is 3.01. The van der Waals surface area contributed by atoms with Crippen molar-refractivity contribution in [1.82, 2.24) is 10.1 Å². The second-order valence-electron chi connectivity index (χ2n) is 4.62. The summed E-state index contributed by atoms with van der Waals surface area (Å²) < 4.78 is 5.12. The first-order valence-electron chi connectivity index (χ1n) is 6.32. The molecule has 0 saturated carbocycles. The van der Waals surface area contributed by atoms with Crippen LogP contribution >= 0.6 is 0 Å². The maximum Gasteiger partial charge on any atom is 0.274 e. The maximum absolute atomic E-state index is 12.1. The Morgan fingerprint density at radius 2 is 2.26 bits per heavy atom. The van der Waals surface area contributed by atoms with Crippen molar-refractivity contribution in [2.75, 3.05) is 5.32 Å². The number of aromatic nitrogens is 2. The van der Waals surface area contributed by atoms with Crippen LogP contribution in [0.25, 0.3) is 0 Å². The zero-order valence-corrected chi connectivity index (χ0v) is 11.3. The highest BCUT2D eigenvalue weighted by Gasteiger charge is 2.16. The van der Waals surface area contributed by atoms with Gasteiger partial charge in [-0.25, -0.2) is 0 Å². The number of amides is 1. The molecule has 0 aliphatic rings. The Bertz CT molecular complexity index is 576. The van der Waals surface area contributed by atoms with E-state index in [1.807, 2.05) is 26.8 Å². The molecule has 19 heavy (non-hydrogen) atoms. The van der Waals surface area contributed by atoms with Gasteiger partial charge < -0.3 is 9.84 Å². The van der Waals surface area contributed by atoms with Crippen molar-refractivity contribution >= 4 is 11.6 Å². The minimum atomic E-state index is -0.250.